The van der Waals surface area contributed by atoms with E-state index < -0.39 is 0 Å². The lowest BCUT2D eigenvalue weighted by atomic mass is 9.95. The van der Waals surface area contributed by atoms with Crippen LogP contribution in [-0.2, 0) is 11.3 Å². The lowest BCUT2D eigenvalue weighted by Crippen LogP contribution is -2.40. The van der Waals surface area contributed by atoms with Gasteiger partial charge in [0.15, 0.2) is 11.0 Å². The number of allylic oxidation sites excluding steroid dienone is 1. The molecule has 1 atom stereocenters. The number of aromatic nitrogens is 4. The van der Waals surface area contributed by atoms with Crippen LogP contribution in [0.2, 0.25) is 0 Å². The molecule has 2 aromatic heterocycles. The van der Waals surface area contributed by atoms with E-state index in [4.69, 9.17) is 0 Å². The maximum atomic E-state index is 12.5. The number of carbonyl (C=O) groups is 1. The van der Waals surface area contributed by atoms with E-state index in [0.717, 1.165) is 29.4 Å². The van der Waals surface area contributed by atoms with Crippen molar-refractivity contribution < 1.29 is 4.79 Å². The molecule has 1 aliphatic rings. The minimum atomic E-state index is -0.227. The average Bonchev–Trinajstić information content (AvgIpc) is 3.06. The Kier molecular flexibility index (Phi) is 6.44. The van der Waals surface area contributed by atoms with Crippen LogP contribution in [0, 0.1) is 0 Å². The number of nitrogens with zero attached hydrogens (tertiary/aromatic N) is 4. The number of thioether (sulfide) groups is 1. The third-order valence-electron chi connectivity index (χ3n) is 4.57. The Bertz CT molecular complexity index is 740. The predicted molar refractivity (Wildman–Crippen MR) is 104 cm³/mol. The molecule has 138 valence electrons. The molecule has 1 unspecified atom stereocenters. The van der Waals surface area contributed by atoms with Crippen molar-refractivity contribution in [3.63, 3.8) is 0 Å². The van der Waals surface area contributed by atoms with Crippen LogP contribution in [-0.4, -0.2) is 36.9 Å². The molecule has 0 radical (unpaired) electrons. The number of amides is 1. The fraction of sp³-hybridized carbons (Fsp3) is 0.474. The van der Waals surface area contributed by atoms with Crippen LogP contribution in [0.15, 0.2) is 42.3 Å². The van der Waals surface area contributed by atoms with Gasteiger partial charge in [0.2, 0.25) is 5.91 Å². The topological polar surface area (TPSA) is 72.7 Å². The fourth-order valence-electron chi connectivity index (χ4n) is 3.16. The van der Waals surface area contributed by atoms with Gasteiger partial charge in [-0.3, -0.25) is 14.3 Å². The first kappa shape index (κ1) is 18.6. The number of pyridine rings is 1. The van der Waals surface area contributed by atoms with Gasteiger partial charge in [0.25, 0.3) is 0 Å². The van der Waals surface area contributed by atoms with Gasteiger partial charge in [-0.25, -0.2) is 0 Å². The van der Waals surface area contributed by atoms with E-state index >= 15 is 0 Å². The molecule has 3 rings (SSSR count). The Balaban J connectivity index is 1.71. The Labute approximate surface area is 158 Å². The van der Waals surface area contributed by atoms with Gasteiger partial charge in [0.05, 0.1) is 5.25 Å². The molecule has 26 heavy (non-hydrogen) atoms. The number of nitrogens with one attached hydrogen (secondary N) is 1. The molecule has 2 heterocycles. The SMILES string of the molecule is C=CCn1c(SC(C)C(=O)NC2CCCCC2)nnc1-c1ccncc1. The standard InChI is InChI=1S/C19H25N5OS/c1-3-13-24-17(15-9-11-20-12-10-15)22-23-19(24)26-14(2)18(25)21-16-7-5-4-6-8-16/h3,9-12,14,16H,1,4-8,13H2,2H3,(H,21,25). The maximum absolute atomic E-state index is 12.5. The van der Waals surface area contributed by atoms with Gasteiger partial charge in [-0.1, -0.05) is 37.1 Å². The Hall–Kier alpha value is -2.15. The molecule has 7 heteroatoms. The highest BCUT2D eigenvalue weighted by atomic mass is 32.2. The molecule has 1 saturated carbocycles. The molecule has 0 aliphatic heterocycles. The minimum Gasteiger partial charge on any atom is -0.352 e. The van der Waals surface area contributed by atoms with Crippen LogP contribution < -0.4 is 5.32 Å². The molecular formula is C19H25N5OS. The molecule has 1 amide bonds. The third-order valence-corrected chi connectivity index (χ3v) is 5.65. The van der Waals surface area contributed by atoms with Crippen LogP contribution in [0.5, 0.6) is 0 Å². The molecule has 0 aromatic carbocycles. The highest BCUT2D eigenvalue weighted by molar-refractivity contribution is 8.00. The number of carbonyl (C=O) groups excluding carboxylic acids is 1. The first-order valence-electron chi connectivity index (χ1n) is 9.10. The molecule has 2 aromatic rings. The lowest BCUT2D eigenvalue weighted by Gasteiger charge is -2.24. The van der Waals surface area contributed by atoms with Crippen LogP contribution in [0.4, 0.5) is 0 Å². The summed E-state index contributed by atoms with van der Waals surface area (Å²) >= 11 is 1.44. The van der Waals surface area contributed by atoms with Gasteiger partial charge in [0.1, 0.15) is 0 Å². The number of rotatable bonds is 7. The second kappa shape index (κ2) is 8.98. The zero-order chi connectivity index (χ0) is 18.4. The van der Waals surface area contributed by atoms with Crippen molar-refractivity contribution >= 4 is 17.7 Å². The molecule has 0 bridgehead atoms. The molecular weight excluding hydrogens is 346 g/mol. The molecule has 1 N–H and O–H groups in total. The summed E-state index contributed by atoms with van der Waals surface area (Å²) in [5.74, 6) is 0.829. The molecule has 1 fully saturated rings. The van der Waals surface area contributed by atoms with E-state index in [-0.39, 0.29) is 11.2 Å². The summed E-state index contributed by atoms with van der Waals surface area (Å²) in [5.41, 5.74) is 0.945. The highest BCUT2D eigenvalue weighted by Gasteiger charge is 2.23. The van der Waals surface area contributed by atoms with Gasteiger partial charge in [-0.15, -0.1) is 16.8 Å². The maximum Gasteiger partial charge on any atom is 0.233 e. The van der Waals surface area contributed by atoms with Crippen molar-refractivity contribution in [1.29, 1.82) is 0 Å². The van der Waals surface area contributed by atoms with Gasteiger partial charge < -0.3 is 5.32 Å². The Morgan fingerprint density at radius 3 is 2.77 bits per heavy atom. The van der Waals surface area contributed by atoms with Crippen LogP contribution >= 0.6 is 11.8 Å². The minimum absolute atomic E-state index is 0.0699. The lowest BCUT2D eigenvalue weighted by molar-refractivity contribution is -0.121. The van der Waals surface area contributed by atoms with Crippen LogP contribution in [0.3, 0.4) is 0 Å². The average molecular weight is 372 g/mol. The quantitative estimate of drug-likeness (QED) is 0.596. The van der Waals surface area contributed by atoms with Crippen molar-refractivity contribution in [1.82, 2.24) is 25.1 Å². The summed E-state index contributed by atoms with van der Waals surface area (Å²) < 4.78 is 1.98. The van der Waals surface area contributed by atoms with Crippen molar-refractivity contribution in [2.75, 3.05) is 0 Å². The summed E-state index contributed by atoms with van der Waals surface area (Å²) in [6.07, 6.45) is 11.1. The first-order chi connectivity index (χ1) is 12.7. The van der Waals surface area contributed by atoms with Crippen LogP contribution in [0.25, 0.3) is 11.4 Å². The summed E-state index contributed by atoms with van der Waals surface area (Å²) in [7, 11) is 0. The van der Waals surface area contributed by atoms with E-state index in [1.54, 1.807) is 12.4 Å². The zero-order valence-corrected chi connectivity index (χ0v) is 15.9. The molecule has 6 nitrogen and oxygen atoms in total. The van der Waals surface area contributed by atoms with Gasteiger partial charge in [-0.05, 0) is 31.9 Å². The predicted octanol–water partition coefficient (Wildman–Crippen LogP) is 3.46. The highest BCUT2D eigenvalue weighted by Crippen LogP contribution is 2.27. The van der Waals surface area contributed by atoms with Crippen molar-refractivity contribution in [3.8, 4) is 11.4 Å². The van der Waals surface area contributed by atoms with Gasteiger partial charge in [0, 0.05) is 30.5 Å². The van der Waals surface area contributed by atoms with E-state index in [1.165, 1.54) is 31.0 Å². The monoisotopic (exact) mass is 371 g/mol. The molecule has 1 aliphatic carbocycles. The second-order valence-electron chi connectivity index (χ2n) is 6.54. The number of hydrogen-bond donors (Lipinski definition) is 1. The van der Waals surface area contributed by atoms with E-state index in [1.807, 2.05) is 29.7 Å². The van der Waals surface area contributed by atoms with Gasteiger partial charge >= 0.3 is 0 Å². The van der Waals surface area contributed by atoms with E-state index in [9.17, 15) is 4.79 Å². The van der Waals surface area contributed by atoms with Crippen molar-refractivity contribution in [2.24, 2.45) is 0 Å². The third kappa shape index (κ3) is 4.52. The summed E-state index contributed by atoms with van der Waals surface area (Å²) in [5, 5.41) is 12.3. The largest absolute Gasteiger partial charge is 0.352 e. The number of hydrogen-bond acceptors (Lipinski definition) is 5. The smallest absolute Gasteiger partial charge is 0.233 e. The Morgan fingerprint density at radius 1 is 1.35 bits per heavy atom. The van der Waals surface area contributed by atoms with Gasteiger partial charge in [-0.2, -0.15) is 0 Å². The second-order valence-corrected chi connectivity index (χ2v) is 7.85. The van der Waals surface area contributed by atoms with E-state index in [2.05, 4.69) is 27.1 Å². The van der Waals surface area contributed by atoms with Crippen molar-refractivity contribution in [2.45, 2.75) is 62.0 Å². The fourth-order valence-corrected chi connectivity index (χ4v) is 4.03. The zero-order valence-electron chi connectivity index (χ0n) is 15.1. The van der Waals surface area contributed by atoms with Crippen LogP contribution in [0.1, 0.15) is 39.0 Å². The Morgan fingerprint density at radius 2 is 2.08 bits per heavy atom. The molecule has 0 spiro atoms. The first-order valence-corrected chi connectivity index (χ1v) is 9.98. The summed E-state index contributed by atoms with van der Waals surface area (Å²) in [6, 6.07) is 4.12. The molecule has 0 saturated heterocycles. The summed E-state index contributed by atoms with van der Waals surface area (Å²) in [4.78, 5) is 16.6. The van der Waals surface area contributed by atoms with Crippen molar-refractivity contribution in [3.05, 3.63) is 37.2 Å². The normalized spacial score (nSPS) is 16.2. The van der Waals surface area contributed by atoms with E-state index in [0.29, 0.717) is 12.6 Å². The summed E-state index contributed by atoms with van der Waals surface area (Å²) in [6.45, 7) is 6.33.